The van der Waals surface area contributed by atoms with Crippen LogP contribution in [0.3, 0.4) is 0 Å². The van der Waals surface area contributed by atoms with Crippen LogP contribution in [0.5, 0.6) is 0 Å². The highest BCUT2D eigenvalue weighted by atomic mass is 16.3. The predicted molar refractivity (Wildman–Crippen MR) is 65.0 cm³/mol. The van der Waals surface area contributed by atoms with Crippen LogP contribution in [0.1, 0.15) is 59.8 Å². The molecule has 0 aromatic carbocycles. The lowest BCUT2D eigenvalue weighted by Crippen LogP contribution is -2.48. The fraction of sp³-hybridized carbons (Fsp3) is 1.00. The molecule has 2 heteroatoms. The predicted octanol–water partition coefficient (Wildman–Crippen LogP) is 2.71. The topological polar surface area (TPSA) is 32.3 Å². The first-order valence-electron chi connectivity index (χ1n) is 6.29. The van der Waals surface area contributed by atoms with Crippen molar-refractivity contribution in [2.24, 2.45) is 5.41 Å². The molecule has 0 spiro atoms. The average Bonchev–Trinajstić information content (AvgIpc) is 2.14. The van der Waals surface area contributed by atoms with Gasteiger partial charge in [0.1, 0.15) is 0 Å². The third-order valence-corrected chi connectivity index (χ3v) is 3.96. The van der Waals surface area contributed by atoms with Crippen LogP contribution in [-0.4, -0.2) is 23.3 Å². The molecule has 0 bridgehead atoms. The van der Waals surface area contributed by atoms with Crippen molar-refractivity contribution in [2.75, 3.05) is 6.54 Å². The highest BCUT2D eigenvalue weighted by Gasteiger charge is 2.29. The van der Waals surface area contributed by atoms with Crippen LogP contribution in [0.4, 0.5) is 0 Å². The molecule has 0 heterocycles. The molecule has 0 saturated heterocycles. The zero-order valence-corrected chi connectivity index (χ0v) is 10.8. The van der Waals surface area contributed by atoms with Gasteiger partial charge in [-0.3, -0.25) is 0 Å². The standard InChI is InChI=1S/C13H27NO/c1-11(12(2,3)15)14-10-13(4)8-6-5-7-9-13/h11,14-15H,5-10H2,1-4H3. The van der Waals surface area contributed by atoms with E-state index in [1.54, 1.807) is 0 Å². The Morgan fingerprint density at radius 2 is 1.80 bits per heavy atom. The SMILES string of the molecule is CC(NCC1(C)CCCCC1)C(C)(C)O. The van der Waals surface area contributed by atoms with Crippen LogP contribution in [0, 0.1) is 5.41 Å². The zero-order chi connectivity index (χ0) is 11.5. The monoisotopic (exact) mass is 213 g/mol. The molecule has 1 aliphatic rings. The lowest BCUT2D eigenvalue weighted by molar-refractivity contribution is 0.0380. The second-order valence-electron chi connectivity index (χ2n) is 6.13. The molecular weight excluding hydrogens is 186 g/mol. The van der Waals surface area contributed by atoms with Gasteiger partial charge in [0.25, 0.3) is 0 Å². The van der Waals surface area contributed by atoms with E-state index in [0.717, 1.165) is 6.54 Å². The first kappa shape index (κ1) is 13.0. The molecule has 1 saturated carbocycles. The van der Waals surface area contributed by atoms with E-state index in [2.05, 4.69) is 19.2 Å². The van der Waals surface area contributed by atoms with Crippen molar-refractivity contribution in [3.05, 3.63) is 0 Å². The molecule has 0 radical (unpaired) electrons. The fourth-order valence-electron chi connectivity index (χ4n) is 2.23. The van der Waals surface area contributed by atoms with E-state index in [9.17, 15) is 5.11 Å². The summed E-state index contributed by atoms with van der Waals surface area (Å²) in [6.07, 6.45) is 6.80. The molecule has 0 aromatic rings. The van der Waals surface area contributed by atoms with Gasteiger partial charge in [-0.1, -0.05) is 26.2 Å². The van der Waals surface area contributed by atoms with Crippen LogP contribution in [0.25, 0.3) is 0 Å². The smallest absolute Gasteiger partial charge is 0.0741 e. The van der Waals surface area contributed by atoms with Crippen molar-refractivity contribution in [2.45, 2.75) is 71.4 Å². The maximum Gasteiger partial charge on any atom is 0.0741 e. The van der Waals surface area contributed by atoms with Gasteiger partial charge in [-0.25, -0.2) is 0 Å². The summed E-state index contributed by atoms with van der Waals surface area (Å²) in [6, 6.07) is 0.163. The molecular formula is C13H27NO. The van der Waals surface area contributed by atoms with Gasteiger partial charge in [0.2, 0.25) is 0 Å². The molecule has 1 atom stereocenters. The molecule has 2 N–H and O–H groups in total. The molecule has 1 unspecified atom stereocenters. The Morgan fingerprint density at radius 1 is 1.27 bits per heavy atom. The van der Waals surface area contributed by atoms with Crippen LogP contribution in [0.15, 0.2) is 0 Å². The number of aliphatic hydroxyl groups is 1. The normalized spacial score (nSPS) is 23.8. The lowest BCUT2D eigenvalue weighted by Gasteiger charge is -2.37. The Labute approximate surface area is 94.5 Å². The second-order valence-corrected chi connectivity index (χ2v) is 6.13. The third kappa shape index (κ3) is 4.12. The van der Waals surface area contributed by atoms with Crippen LogP contribution in [-0.2, 0) is 0 Å². The Morgan fingerprint density at radius 3 is 2.27 bits per heavy atom. The van der Waals surface area contributed by atoms with Gasteiger partial charge in [-0.2, -0.15) is 0 Å². The summed E-state index contributed by atoms with van der Waals surface area (Å²) in [5, 5.41) is 13.3. The molecule has 0 aliphatic heterocycles. The minimum atomic E-state index is -0.620. The van der Waals surface area contributed by atoms with Crippen LogP contribution < -0.4 is 5.32 Å². The third-order valence-electron chi connectivity index (χ3n) is 3.96. The number of rotatable bonds is 4. The molecule has 0 amide bonds. The van der Waals surface area contributed by atoms with Gasteiger partial charge in [0, 0.05) is 12.6 Å². The van der Waals surface area contributed by atoms with E-state index < -0.39 is 5.60 Å². The van der Waals surface area contributed by atoms with E-state index in [1.807, 2.05) is 13.8 Å². The summed E-state index contributed by atoms with van der Waals surface area (Å²) < 4.78 is 0. The van der Waals surface area contributed by atoms with E-state index >= 15 is 0 Å². The van der Waals surface area contributed by atoms with Crippen molar-refractivity contribution in [3.63, 3.8) is 0 Å². The molecule has 90 valence electrons. The van der Waals surface area contributed by atoms with Gasteiger partial charge in [0.05, 0.1) is 5.60 Å². The first-order valence-corrected chi connectivity index (χ1v) is 6.29. The highest BCUT2D eigenvalue weighted by molar-refractivity contribution is 4.85. The number of nitrogens with one attached hydrogen (secondary N) is 1. The van der Waals surface area contributed by atoms with E-state index in [1.165, 1.54) is 32.1 Å². The maximum atomic E-state index is 9.84. The highest BCUT2D eigenvalue weighted by Crippen LogP contribution is 2.35. The molecule has 1 fully saturated rings. The van der Waals surface area contributed by atoms with Crippen molar-refractivity contribution in [1.29, 1.82) is 0 Å². The van der Waals surface area contributed by atoms with Gasteiger partial charge in [-0.05, 0) is 39.0 Å². The van der Waals surface area contributed by atoms with Gasteiger partial charge >= 0.3 is 0 Å². The van der Waals surface area contributed by atoms with E-state index in [0.29, 0.717) is 5.41 Å². The van der Waals surface area contributed by atoms with Gasteiger partial charge in [-0.15, -0.1) is 0 Å². The quantitative estimate of drug-likeness (QED) is 0.752. The number of hydrogen-bond donors (Lipinski definition) is 2. The fourth-order valence-corrected chi connectivity index (χ4v) is 2.23. The van der Waals surface area contributed by atoms with Crippen molar-refractivity contribution in [1.82, 2.24) is 5.32 Å². The maximum absolute atomic E-state index is 9.84. The Kier molecular flexibility index (Phi) is 4.19. The minimum Gasteiger partial charge on any atom is -0.389 e. The van der Waals surface area contributed by atoms with E-state index in [-0.39, 0.29) is 6.04 Å². The Hall–Kier alpha value is -0.0800. The summed E-state index contributed by atoms with van der Waals surface area (Å²) in [6.45, 7) is 9.21. The molecule has 2 nitrogen and oxygen atoms in total. The summed E-state index contributed by atoms with van der Waals surface area (Å²) >= 11 is 0. The number of hydrogen-bond acceptors (Lipinski definition) is 2. The Balaban J connectivity index is 2.35. The average molecular weight is 213 g/mol. The second kappa shape index (κ2) is 4.84. The summed E-state index contributed by atoms with van der Waals surface area (Å²) in [7, 11) is 0. The largest absolute Gasteiger partial charge is 0.389 e. The van der Waals surface area contributed by atoms with Gasteiger partial charge in [0.15, 0.2) is 0 Å². The summed E-state index contributed by atoms with van der Waals surface area (Å²) in [5.74, 6) is 0. The van der Waals surface area contributed by atoms with Crippen molar-refractivity contribution >= 4 is 0 Å². The van der Waals surface area contributed by atoms with Crippen LogP contribution in [0.2, 0.25) is 0 Å². The van der Waals surface area contributed by atoms with Crippen LogP contribution >= 0.6 is 0 Å². The summed E-state index contributed by atoms with van der Waals surface area (Å²) in [5.41, 5.74) is -0.164. The molecule has 15 heavy (non-hydrogen) atoms. The van der Waals surface area contributed by atoms with Crippen molar-refractivity contribution < 1.29 is 5.11 Å². The Bertz CT molecular complexity index is 189. The zero-order valence-electron chi connectivity index (χ0n) is 10.8. The molecule has 1 aliphatic carbocycles. The van der Waals surface area contributed by atoms with Crippen molar-refractivity contribution in [3.8, 4) is 0 Å². The minimum absolute atomic E-state index is 0.163. The molecule has 0 aromatic heterocycles. The lowest BCUT2D eigenvalue weighted by atomic mass is 9.75. The summed E-state index contributed by atoms with van der Waals surface area (Å²) in [4.78, 5) is 0. The van der Waals surface area contributed by atoms with E-state index in [4.69, 9.17) is 0 Å². The molecule has 1 rings (SSSR count). The first-order chi connectivity index (χ1) is 6.83. The van der Waals surface area contributed by atoms with Gasteiger partial charge < -0.3 is 10.4 Å².